The second-order valence-electron chi connectivity index (χ2n) is 2.67. The molecule has 66 valence electrons. The van der Waals surface area contributed by atoms with Gasteiger partial charge in [-0.25, -0.2) is 4.98 Å². The normalized spacial score (nSPS) is 10.6. The largest absolute Gasteiger partial charge is 0.382 e. The van der Waals surface area contributed by atoms with E-state index >= 15 is 0 Å². The quantitative estimate of drug-likeness (QED) is 0.787. The van der Waals surface area contributed by atoms with Gasteiger partial charge >= 0.3 is 0 Å². The Kier molecular flexibility index (Phi) is 2.14. The summed E-state index contributed by atoms with van der Waals surface area (Å²) in [6.45, 7) is 0. The summed E-state index contributed by atoms with van der Waals surface area (Å²) in [5.41, 5.74) is 6.43. The smallest absolute Gasteiger partial charge is 0.142 e. The molecule has 1 heterocycles. The van der Waals surface area contributed by atoms with E-state index in [0.717, 1.165) is 15.4 Å². The minimum Gasteiger partial charge on any atom is -0.382 e. The second-order valence-corrected chi connectivity index (χ2v) is 3.93. The lowest BCUT2D eigenvalue weighted by molar-refractivity contribution is 1.40. The highest BCUT2D eigenvalue weighted by Gasteiger charge is 2.03. The summed E-state index contributed by atoms with van der Waals surface area (Å²) in [5, 5.41) is 1.47. The van der Waals surface area contributed by atoms with Gasteiger partial charge < -0.3 is 5.73 Å². The number of para-hydroxylation sites is 1. The third kappa shape index (κ3) is 1.49. The van der Waals surface area contributed by atoms with Crippen molar-refractivity contribution >= 4 is 44.3 Å². The van der Waals surface area contributed by atoms with Crippen LogP contribution in [0.4, 0.5) is 5.82 Å². The number of nitrogen functional groups attached to an aromatic ring is 1. The van der Waals surface area contributed by atoms with Crippen molar-refractivity contribution in [2.45, 2.75) is 0 Å². The van der Waals surface area contributed by atoms with E-state index in [9.17, 15) is 0 Å². The lowest BCUT2D eigenvalue weighted by Gasteiger charge is -2.02. The van der Waals surface area contributed by atoms with Gasteiger partial charge in [-0.05, 0) is 28.1 Å². The first kappa shape index (κ1) is 8.78. The number of aromatic nitrogens is 1. The van der Waals surface area contributed by atoms with Crippen LogP contribution in [0.5, 0.6) is 0 Å². The Morgan fingerprint density at radius 3 is 2.92 bits per heavy atom. The van der Waals surface area contributed by atoms with Crippen LogP contribution in [-0.4, -0.2) is 4.98 Å². The summed E-state index contributed by atoms with van der Waals surface area (Å²) < 4.78 is 0.924. The molecule has 0 amide bonds. The highest BCUT2D eigenvalue weighted by Crippen LogP contribution is 2.27. The average Bonchev–Trinajstić information content (AvgIpc) is 2.09. The summed E-state index contributed by atoms with van der Waals surface area (Å²) in [6, 6.07) is 7.60. The Hall–Kier alpha value is -0.800. The lowest BCUT2D eigenvalue weighted by atomic mass is 10.2. The minimum atomic E-state index is 0.362. The number of anilines is 1. The highest BCUT2D eigenvalue weighted by atomic mass is 79.9. The first-order valence-corrected chi connectivity index (χ1v) is 4.86. The molecule has 0 saturated carbocycles. The Morgan fingerprint density at radius 2 is 2.15 bits per heavy atom. The van der Waals surface area contributed by atoms with Crippen molar-refractivity contribution < 1.29 is 0 Å². The van der Waals surface area contributed by atoms with Gasteiger partial charge in [-0.15, -0.1) is 0 Å². The summed E-state index contributed by atoms with van der Waals surface area (Å²) in [6.07, 6.45) is 0. The van der Waals surface area contributed by atoms with Crippen molar-refractivity contribution in [3.8, 4) is 0 Å². The maximum absolute atomic E-state index is 5.84. The van der Waals surface area contributed by atoms with Gasteiger partial charge in [0.1, 0.15) is 5.82 Å². The standard InChI is InChI=1S/C9H6BrClN2/c10-6-3-1-2-5-4-7(11)9(12)13-8(5)6/h1-4H,(H2,12,13). The molecule has 2 rings (SSSR count). The maximum Gasteiger partial charge on any atom is 0.142 e. The van der Waals surface area contributed by atoms with Crippen LogP contribution in [-0.2, 0) is 0 Å². The van der Waals surface area contributed by atoms with Crippen LogP contribution in [0.15, 0.2) is 28.7 Å². The van der Waals surface area contributed by atoms with E-state index in [-0.39, 0.29) is 0 Å². The van der Waals surface area contributed by atoms with Crippen molar-refractivity contribution in [3.63, 3.8) is 0 Å². The molecule has 1 aromatic heterocycles. The summed E-state index contributed by atoms with van der Waals surface area (Å²) in [4.78, 5) is 4.17. The van der Waals surface area contributed by atoms with Crippen LogP contribution >= 0.6 is 27.5 Å². The van der Waals surface area contributed by atoms with Gasteiger partial charge in [0, 0.05) is 9.86 Å². The van der Waals surface area contributed by atoms with E-state index in [0.29, 0.717) is 10.8 Å². The number of fused-ring (bicyclic) bond motifs is 1. The molecule has 2 aromatic rings. The molecule has 4 heteroatoms. The Balaban J connectivity index is 2.89. The number of rotatable bonds is 0. The summed E-state index contributed by atoms with van der Waals surface area (Å²) in [7, 11) is 0. The van der Waals surface area contributed by atoms with Crippen LogP contribution in [0.2, 0.25) is 5.02 Å². The molecule has 0 spiro atoms. The monoisotopic (exact) mass is 256 g/mol. The number of hydrogen-bond acceptors (Lipinski definition) is 2. The minimum absolute atomic E-state index is 0.362. The molecule has 1 aromatic carbocycles. The van der Waals surface area contributed by atoms with Gasteiger partial charge in [-0.3, -0.25) is 0 Å². The number of nitrogens with zero attached hydrogens (tertiary/aromatic N) is 1. The van der Waals surface area contributed by atoms with Gasteiger partial charge in [0.05, 0.1) is 10.5 Å². The van der Waals surface area contributed by atoms with Gasteiger partial charge in [-0.2, -0.15) is 0 Å². The fraction of sp³-hybridized carbons (Fsp3) is 0. The van der Waals surface area contributed by atoms with Gasteiger partial charge in [-0.1, -0.05) is 23.7 Å². The number of benzene rings is 1. The lowest BCUT2D eigenvalue weighted by Crippen LogP contribution is -1.92. The van der Waals surface area contributed by atoms with Crippen LogP contribution in [0.3, 0.4) is 0 Å². The Morgan fingerprint density at radius 1 is 1.38 bits per heavy atom. The van der Waals surface area contributed by atoms with E-state index in [1.54, 1.807) is 0 Å². The summed E-state index contributed by atoms with van der Waals surface area (Å²) in [5.74, 6) is 0.362. The molecule has 0 fully saturated rings. The molecule has 2 N–H and O–H groups in total. The van der Waals surface area contributed by atoms with Crippen LogP contribution in [0.25, 0.3) is 10.9 Å². The average molecular weight is 258 g/mol. The SMILES string of the molecule is Nc1nc2c(Br)cccc2cc1Cl. The van der Waals surface area contributed by atoms with Gasteiger partial charge in [0.25, 0.3) is 0 Å². The molecule has 13 heavy (non-hydrogen) atoms. The zero-order valence-corrected chi connectivity index (χ0v) is 8.93. The van der Waals surface area contributed by atoms with Gasteiger partial charge in [0.2, 0.25) is 0 Å². The molecule has 0 aliphatic heterocycles. The zero-order chi connectivity index (χ0) is 9.42. The number of pyridine rings is 1. The van der Waals surface area contributed by atoms with Crippen LogP contribution < -0.4 is 5.73 Å². The Labute approximate surface area is 88.8 Å². The van der Waals surface area contributed by atoms with E-state index < -0.39 is 0 Å². The molecular weight excluding hydrogens is 251 g/mol. The molecule has 0 bridgehead atoms. The predicted octanol–water partition coefficient (Wildman–Crippen LogP) is 3.23. The molecule has 0 aliphatic carbocycles. The zero-order valence-electron chi connectivity index (χ0n) is 6.59. The fourth-order valence-electron chi connectivity index (χ4n) is 1.15. The van der Waals surface area contributed by atoms with Gasteiger partial charge in [0.15, 0.2) is 0 Å². The van der Waals surface area contributed by atoms with Crippen molar-refractivity contribution in [1.82, 2.24) is 4.98 Å². The van der Waals surface area contributed by atoms with E-state index in [2.05, 4.69) is 20.9 Å². The van der Waals surface area contributed by atoms with E-state index in [1.807, 2.05) is 24.3 Å². The number of halogens is 2. The topological polar surface area (TPSA) is 38.9 Å². The highest BCUT2D eigenvalue weighted by molar-refractivity contribution is 9.10. The molecule has 0 aliphatic rings. The molecule has 0 atom stereocenters. The van der Waals surface area contributed by atoms with Crippen molar-refractivity contribution in [2.24, 2.45) is 0 Å². The third-order valence-corrected chi connectivity index (χ3v) is 2.72. The summed E-state index contributed by atoms with van der Waals surface area (Å²) >= 11 is 9.23. The first-order chi connectivity index (χ1) is 6.18. The molecule has 0 unspecified atom stereocenters. The molecule has 0 saturated heterocycles. The van der Waals surface area contributed by atoms with E-state index in [4.69, 9.17) is 17.3 Å². The van der Waals surface area contributed by atoms with Crippen molar-refractivity contribution in [1.29, 1.82) is 0 Å². The number of nitrogens with two attached hydrogens (primary N) is 1. The van der Waals surface area contributed by atoms with Crippen LogP contribution in [0, 0.1) is 0 Å². The Bertz CT molecular complexity index is 470. The second kappa shape index (κ2) is 3.16. The maximum atomic E-state index is 5.84. The first-order valence-electron chi connectivity index (χ1n) is 3.69. The molecule has 2 nitrogen and oxygen atoms in total. The molecular formula is C9H6BrClN2. The fourth-order valence-corrected chi connectivity index (χ4v) is 1.78. The third-order valence-electron chi connectivity index (χ3n) is 1.78. The number of hydrogen-bond donors (Lipinski definition) is 1. The molecule has 0 radical (unpaired) electrons. The predicted molar refractivity (Wildman–Crippen MR) is 58.9 cm³/mol. The van der Waals surface area contributed by atoms with E-state index in [1.165, 1.54) is 0 Å². The van der Waals surface area contributed by atoms with Crippen molar-refractivity contribution in [3.05, 3.63) is 33.8 Å². The van der Waals surface area contributed by atoms with Crippen LogP contribution in [0.1, 0.15) is 0 Å². The van der Waals surface area contributed by atoms with Crippen molar-refractivity contribution in [2.75, 3.05) is 5.73 Å².